The summed E-state index contributed by atoms with van der Waals surface area (Å²) in [6, 6.07) is 15.1. The van der Waals surface area contributed by atoms with E-state index < -0.39 is 5.97 Å². The Morgan fingerprint density at radius 2 is 1.82 bits per heavy atom. The fourth-order valence-corrected chi connectivity index (χ4v) is 4.52. The maximum Gasteiger partial charge on any atom is 0.341 e. The summed E-state index contributed by atoms with van der Waals surface area (Å²) in [5, 5.41) is 3.31. The van der Waals surface area contributed by atoms with Crippen molar-refractivity contribution in [3.63, 3.8) is 0 Å². The van der Waals surface area contributed by atoms with E-state index in [1.54, 1.807) is 26.2 Å². The van der Waals surface area contributed by atoms with E-state index in [-0.39, 0.29) is 18.6 Å². The number of ether oxygens (including phenoxy) is 3. The summed E-state index contributed by atoms with van der Waals surface area (Å²) in [5.74, 6) is 0.409. The zero-order chi connectivity index (χ0) is 24.7. The second-order valence-electron chi connectivity index (χ2n) is 7.72. The van der Waals surface area contributed by atoms with Crippen molar-refractivity contribution < 1.29 is 23.8 Å². The molecular weight excluding hydrogens is 450 g/mol. The number of nitrogens with one attached hydrogen (secondary N) is 1. The predicted octanol–water partition coefficient (Wildman–Crippen LogP) is 6.35. The number of benzene rings is 2. The fraction of sp³-hybridized carbons (Fsp3) is 0.259. The van der Waals surface area contributed by atoms with Crippen LogP contribution < -0.4 is 14.8 Å². The van der Waals surface area contributed by atoms with E-state index in [0.717, 1.165) is 21.6 Å². The van der Waals surface area contributed by atoms with E-state index in [2.05, 4.69) is 5.32 Å². The molecule has 0 atom stereocenters. The molecule has 3 aromatic rings. The second-order valence-corrected chi connectivity index (χ2v) is 8.95. The van der Waals surface area contributed by atoms with Gasteiger partial charge in [0, 0.05) is 16.5 Å². The summed E-state index contributed by atoms with van der Waals surface area (Å²) >= 11 is 1.35. The third-order valence-electron chi connectivity index (χ3n) is 4.84. The van der Waals surface area contributed by atoms with Crippen molar-refractivity contribution in [1.29, 1.82) is 0 Å². The first-order chi connectivity index (χ1) is 16.3. The first-order valence-electron chi connectivity index (χ1n) is 11.0. The second kappa shape index (κ2) is 11.5. The average Bonchev–Trinajstić information content (AvgIpc) is 3.14. The number of hydrogen-bond acceptors (Lipinski definition) is 6. The standard InChI is InChI=1S/C27H29NO5S/c1-6-32-27(30)25-24(20-10-8-7-9-11-20)18(4)34-26(25)28-23(29)15-13-19-12-14-21(33-17(2)3)22(16-19)31-5/h7-17H,6H2,1-5H3,(H,28,29)/b15-13+. The van der Waals surface area contributed by atoms with Crippen LogP contribution in [0.2, 0.25) is 0 Å². The van der Waals surface area contributed by atoms with Crippen molar-refractivity contribution in [2.24, 2.45) is 0 Å². The van der Waals surface area contributed by atoms with Crippen molar-refractivity contribution >= 4 is 34.3 Å². The van der Waals surface area contributed by atoms with Crippen LogP contribution in [0, 0.1) is 6.92 Å². The van der Waals surface area contributed by atoms with Crippen LogP contribution in [-0.2, 0) is 9.53 Å². The molecule has 0 bridgehead atoms. The number of amides is 1. The maximum absolute atomic E-state index is 12.8. The largest absolute Gasteiger partial charge is 0.493 e. The molecule has 1 amide bonds. The minimum Gasteiger partial charge on any atom is -0.493 e. The van der Waals surface area contributed by atoms with Gasteiger partial charge in [-0.3, -0.25) is 4.79 Å². The fourth-order valence-electron chi connectivity index (χ4n) is 3.45. The zero-order valence-electron chi connectivity index (χ0n) is 20.0. The van der Waals surface area contributed by atoms with Gasteiger partial charge in [-0.2, -0.15) is 0 Å². The highest BCUT2D eigenvalue weighted by Crippen LogP contribution is 2.40. The highest BCUT2D eigenvalue weighted by molar-refractivity contribution is 7.17. The molecule has 0 aliphatic carbocycles. The summed E-state index contributed by atoms with van der Waals surface area (Å²) in [5.41, 5.74) is 2.81. The van der Waals surface area contributed by atoms with Gasteiger partial charge in [0.15, 0.2) is 11.5 Å². The Hall–Kier alpha value is -3.58. The van der Waals surface area contributed by atoms with Gasteiger partial charge in [0.1, 0.15) is 10.6 Å². The van der Waals surface area contributed by atoms with Crippen LogP contribution in [0.3, 0.4) is 0 Å². The average molecular weight is 480 g/mol. The highest BCUT2D eigenvalue weighted by atomic mass is 32.1. The summed E-state index contributed by atoms with van der Waals surface area (Å²) in [7, 11) is 1.57. The Kier molecular flexibility index (Phi) is 8.49. The Morgan fingerprint density at radius 3 is 2.47 bits per heavy atom. The lowest BCUT2D eigenvalue weighted by molar-refractivity contribution is -0.111. The minimum atomic E-state index is -0.463. The van der Waals surface area contributed by atoms with Gasteiger partial charge < -0.3 is 19.5 Å². The van der Waals surface area contributed by atoms with Gasteiger partial charge in [-0.1, -0.05) is 36.4 Å². The van der Waals surface area contributed by atoms with Crippen LogP contribution in [0.5, 0.6) is 11.5 Å². The predicted molar refractivity (Wildman–Crippen MR) is 137 cm³/mol. The van der Waals surface area contributed by atoms with Gasteiger partial charge in [0.2, 0.25) is 5.91 Å². The first-order valence-corrected chi connectivity index (χ1v) is 11.8. The number of hydrogen-bond donors (Lipinski definition) is 1. The van der Waals surface area contributed by atoms with Crippen molar-refractivity contribution in [2.45, 2.75) is 33.8 Å². The SMILES string of the molecule is CCOC(=O)c1c(NC(=O)/C=C/c2ccc(OC(C)C)c(OC)c2)sc(C)c1-c1ccccc1. The summed E-state index contributed by atoms with van der Waals surface area (Å²) < 4.78 is 16.4. The van der Waals surface area contributed by atoms with Crippen LogP contribution in [0.1, 0.15) is 41.6 Å². The smallest absolute Gasteiger partial charge is 0.341 e. The summed E-state index contributed by atoms with van der Waals surface area (Å²) in [6.45, 7) is 7.81. The van der Waals surface area contributed by atoms with E-state index in [1.807, 2.05) is 63.2 Å². The molecule has 1 aromatic heterocycles. The molecular formula is C27H29NO5S. The monoisotopic (exact) mass is 479 g/mol. The van der Waals surface area contributed by atoms with Crippen molar-refractivity contribution in [2.75, 3.05) is 19.0 Å². The molecule has 0 unspecified atom stereocenters. The van der Waals surface area contributed by atoms with E-state index in [9.17, 15) is 9.59 Å². The van der Waals surface area contributed by atoms with E-state index >= 15 is 0 Å². The Bertz CT molecular complexity index is 1180. The summed E-state index contributed by atoms with van der Waals surface area (Å²) in [4.78, 5) is 26.5. The molecule has 0 saturated heterocycles. The number of carbonyl (C=O) groups is 2. The number of esters is 1. The zero-order valence-corrected chi connectivity index (χ0v) is 20.8. The lowest BCUT2D eigenvalue weighted by Crippen LogP contribution is -2.12. The van der Waals surface area contributed by atoms with Crippen molar-refractivity contribution in [3.8, 4) is 22.6 Å². The number of thiophene rings is 1. The van der Waals surface area contributed by atoms with E-state index in [1.165, 1.54) is 17.4 Å². The number of aryl methyl sites for hydroxylation is 1. The molecule has 0 spiro atoms. The van der Waals surface area contributed by atoms with Gasteiger partial charge in [0.25, 0.3) is 0 Å². The first kappa shape index (κ1) is 25.1. The van der Waals surface area contributed by atoms with Crippen LogP contribution in [0.25, 0.3) is 17.2 Å². The molecule has 1 heterocycles. The number of anilines is 1. The van der Waals surface area contributed by atoms with E-state index in [4.69, 9.17) is 14.2 Å². The topological polar surface area (TPSA) is 73.9 Å². The molecule has 0 fully saturated rings. The Labute approximate surface area is 204 Å². The summed E-state index contributed by atoms with van der Waals surface area (Å²) in [6.07, 6.45) is 3.12. The molecule has 6 nitrogen and oxygen atoms in total. The number of carbonyl (C=O) groups excluding carboxylic acids is 2. The number of methoxy groups -OCH3 is 1. The molecule has 2 aromatic carbocycles. The normalized spacial score (nSPS) is 11.0. The molecule has 0 aliphatic rings. The van der Waals surface area contributed by atoms with Gasteiger partial charge in [-0.15, -0.1) is 11.3 Å². The molecule has 0 saturated carbocycles. The van der Waals surface area contributed by atoms with Gasteiger partial charge >= 0.3 is 5.97 Å². The molecule has 1 N–H and O–H groups in total. The van der Waals surface area contributed by atoms with Crippen molar-refractivity contribution in [3.05, 3.63) is 70.6 Å². The lowest BCUT2D eigenvalue weighted by atomic mass is 10.0. The molecule has 7 heteroatoms. The third kappa shape index (κ3) is 6.05. The van der Waals surface area contributed by atoms with Gasteiger partial charge in [0.05, 0.1) is 19.8 Å². The minimum absolute atomic E-state index is 0.0182. The lowest BCUT2D eigenvalue weighted by Gasteiger charge is -2.13. The van der Waals surface area contributed by atoms with Gasteiger partial charge in [-0.05, 0) is 57.0 Å². The molecule has 3 rings (SSSR count). The maximum atomic E-state index is 12.8. The number of rotatable bonds is 9. The van der Waals surface area contributed by atoms with E-state index in [0.29, 0.717) is 22.1 Å². The molecule has 0 aliphatic heterocycles. The molecule has 178 valence electrons. The van der Waals surface area contributed by atoms with Gasteiger partial charge in [-0.25, -0.2) is 4.79 Å². The van der Waals surface area contributed by atoms with Crippen LogP contribution >= 0.6 is 11.3 Å². The van der Waals surface area contributed by atoms with Crippen LogP contribution in [0.4, 0.5) is 5.00 Å². The van der Waals surface area contributed by atoms with Crippen LogP contribution in [-0.4, -0.2) is 31.7 Å². The van der Waals surface area contributed by atoms with Crippen molar-refractivity contribution in [1.82, 2.24) is 0 Å². The highest BCUT2D eigenvalue weighted by Gasteiger charge is 2.25. The molecule has 0 radical (unpaired) electrons. The van der Waals surface area contributed by atoms with Crippen LogP contribution in [0.15, 0.2) is 54.6 Å². The Morgan fingerprint density at radius 1 is 1.09 bits per heavy atom. The molecule has 34 heavy (non-hydrogen) atoms. The Balaban J connectivity index is 1.86. The quantitative estimate of drug-likeness (QED) is 0.286. The third-order valence-corrected chi connectivity index (χ3v) is 5.86.